The highest BCUT2D eigenvalue weighted by molar-refractivity contribution is 6.06. The average Bonchev–Trinajstić information content (AvgIpc) is 3.45. The second kappa shape index (κ2) is 9.33. The van der Waals surface area contributed by atoms with Gasteiger partial charge in [-0.15, -0.1) is 0 Å². The third kappa shape index (κ3) is 5.76. The first kappa shape index (κ1) is 24.4. The maximum absolute atomic E-state index is 14.1. The summed E-state index contributed by atoms with van der Waals surface area (Å²) >= 11 is 0. The summed E-state index contributed by atoms with van der Waals surface area (Å²) in [4.78, 5) is 25.3. The second-order valence-electron chi connectivity index (χ2n) is 9.91. The van der Waals surface area contributed by atoms with Crippen molar-refractivity contribution in [1.82, 2.24) is 21.1 Å². The lowest BCUT2D eigenvalue weighted by molar-refractivity contribution is -0.125. The molecule has 1 aliphatic heterocycles. The van der Waals surface area contributed by atoms with Gasteiger partial charge in [-0.2, -0.15) is 0 Å². The molecule has 0 atom stereocenters. The number of unbranched alkanes of at least 4 members (excludes halogenated alkanes) is 2. The molecule has 3 amide bonds. The molecular formula is C23H35FN4O4. The van der Waals surface area contributed by atoms with Crippen molar-refractivity contribution in [3.8, 4) is 5.75 Å². The van der Waals surface area contributed by atoms with Crippen LogP contribution in [0.2, 0.25) is 0 Å². The molecular weight excluding hydrogens is 415 g/mol. The minimum Gasteiger partial charge on any atom is -0.488 e. The molecule has 0 bridgehead atoms. The molecule has 178 valence electrons. The van der Waals surface area contributed by atoms with E-state index in [0.29, 0.717) is 6.54 Å². The average molecular weight is 451 g/mol. The van der Waals surface area contributed by atoms with E-state index in [9.17, 15) is 19.1 Å². The first-order valence-electron chi connectivity index (χ1n) is 11.2. The first-order chi connectivity index (χ1) is 14.9. The molecule has 0 unspecified atom stereocenters. The molecule has 1 aromatic carbocycles. The Bertz CT molecular complexity index is 849. The van der Waals surface area contributed by atoms with Crippen molar-refractivity contribution >= 4 is 11.9 Å². The molecule has 1 aromatic rings. The van der Waals surface area contributed by atoms with E-state index < -0.39 is 17.0 Å². The zero-order chi connectivity index (χ0) is 23.6. The Morgan fingerprint density at radius 3 is 2.53 bits per heavy atom. The Hall–Kier alpha value is -2.23. The number of nitrogens with zero attached hydrogens (tertiary/aromatic N) is 1. The Kier molecular flexibility index (Phi) is 7.12. The number of halogens is 1. The van der Waals surface area contributed by atoms with Crippen LogP contribution in [-0.2, 0) is 10.3 Å². The van der Waals surface area contributed by atoms with Crippen LogP contribution in [-0.4, -0.2) is 52.8 Å². The fourth-order valence-corrected chi connectivity index (χ4v) is 3.74. The summed E-state index contributed by atoms with van der Waals surface area (Å²) in [6, 6.07) is 4.54. The number of ether oxygens (including phenoxy) is 1. The van der Waals surface area contributed by atoms with E-state index in [0.717, 1.165) is 44.2 Å². The summed E-state index contributed by atoms with van der Waals surface area (Å²) in [5.74, 6) is -0.555. The maximum Gasteiger partial charge on any atom is 0.324 e. The van der Waals surface area contributed by atoms with Gasteiger partial charge in [-0.1, -0.05) is 12.5 Å². The van der Waals surface area contributed by atoms with E-state index in [-0.39, 0.29) is 29.8 Å². The third-order valence-electron chi connectivity index (χ3n) is 6.02. The first-order valence-corrected chi connectivity index (χ1v) is 11.2. The van der Waals surface area contributed by atoms with Gasteiger partial charge in [-0.3, -0.25) is 15.5 Å². The molecule has 2 aliphatic rings. The summed E-state index contributed by atoms with van der Waals surface area (Å²) < 4.78 is 19.6. The minimum atomic E-state index is -1.04. The molecule has 32 heavy (non-hydrogen) atoms. The van der Waals surface area contributed by atoms with Gasteiger partial charge in [0.1, 0.15) is 12.1 Å². The summed E-state index contributed by atoms with van der Waals surface area (Å²) in [5, 5.41) is 12.2. The van der Waals surface area contributed by atoms with Crippen LogP contribution in [0.1, 0.15) is 65.4 Å². The highest BCUT2D eigenvalue weighted by Crippen LogP contribution is 2.46. The molecule has 4 N–H and O–H groups in total. The Morgan fingerprint density at radius 2 is 1.94 bits per heavy atom. The van der Waals surface area contributed by atoms with Crippen LogP contribution in [0.4, 0.5) is 9.18 Å². The minimum absolute atomic E-state index is 0.0104. The van der Waals surface area contributed by atoms with E-state index in [2.05, 4.69) is 16.2 Å². The van der Waals surface area contributed by atoms with E-state index in [1.807, 2.05) is 0 Å². The number of nitrogens with one attached hydrogen (secondary N) is 3. The SMILES string of the molecule is CC(C)(O)COc1cc(C2(NNCCCCCN3C(=O)NC(=O)C3(C)C)CC2)ccc1F. The van der Waals surface area contributed by atoms with Crippen molar-refractivity contribution in [3.63, 3.8) is 0 Å². The Labute approximate surface area is 188 Å². The second-order valence-corrected chi connectivity index (χ2v) is 9.91. The van der Waals surface area contributed by atoms with Crippen molar-refractivity contribution in [2.45, 2.75) is 76.5 Å². The van der Waals surface area contributed by atoms with Crippen LogP contribution >= 0.6 is 0 Å². The predicted octanol–water partition coefficient (Wildman–Crippen LogP) is 2.56. The van der Waals surface area contributed by atoms with E-state index >= 15 is 0 Å². The van der Waals surface area contributed by atoms with Crippen molar-refractivity contribution in [2.24, 2.45) is 0 Å². The number of aliphatic hydroxyl groups is 1. The third-order valence-corrected chi connectivity index (χ3v) is 6.02. The molecule has 1 aliphatic carbocycles. The molecule has 8 nitrogen and oxygen atoms in total. The van der Waals surface area contributed by atoms with Crippen LogP contribution in [0.15, 0.2) is 18.2 Å². The largest absolute Gasteiger partial charge is 0.488 e. The highest BCUT2D eigenvalue weighted by Gasteiger charge is 2.45. The number of benzene rings is 1. The number of carbonyl (C=O) groups is 2. The molecule has 1 saturated heterocycles. The lowest BCUT2D eigenvalue weighted by Crippen LogP contribution is -2.44. The lowest BCUT2D eigenvalue weighted by atomic mass is 10.0. The van der Waals surface area contributed by atoms with Gasteiger partial charge in [0.15, 0.2) is 11.6 Å². The van der Waals surface area contributed by atoms with E-state index in [1.165, 1.54) is 6.07 Å². The fourth-order valence-electron chi connectivity index (χ4n) is 3.74. The van der Waals surface area contributed by atoms with Gasteiger partial charge >= 0.3 is 6.03 Å². The topological polar surface area (TPSA) is 103 Å². The van der Waals surface area contributed by atoms with Crippen LogP contribution < -0.4 is 20.9 Å². The van der Waals surface area contributed by atoms with Gasteiger partial charge in [0, 0.05) is 13.1 Å². The van der Waals surface area contributed by atoms with Crippen LogP contribution in [0.25, 0.3) is 0 Å². The fraction of sp³-hybridized carbons (Fsp3) is 0.652. The summed E-state index contributed by atoms with van der Waals surface area (Å²) in [5.41, 5.74) is 5.51. The Morgan fingerprint density at radius 1 is 1.22 bits per heavy atom. The Balaban J connectivity index is 1.40. The molecule has 9 heteroatoms. The number of hydrazine groups is 1. The molecule has 0 aromatic heterocycles. The summed E-state index contributed by atoms with van der Waals surface area (Å²) in [6.07, 6.45) is 4.52. The van der Waals surface area contributed by atoms with Crippen molar-refractivity contribution in [2.75, 3.05) is 19.7 Å². The number of imide groups is 1. The molecule has 1 heterocycles. The van der Waals surface area contributed by atoms with Crippen molar-refractivity contribution in [1.29, 1.82) is 0 Å². The normalized spacial score (nSPS) is 19.2. The molecule has 0 radical (unpaired) electrons. The van der Waals surface area contributed by atoms with Gasteiger partial charge in [-0.05, 0) is 71.1 Å². The number of urea groups is 1. The van der Waals surface area contributed by atoms with Gasteiger partial charge in [-0.25, -0.2) is 14.6 Å². The molecule has 2 fully saturated rings. The summed E-state index contributed by atoms with van der Waals surface area (Å²) in [7, 11) is 0. The monoisotopic (exact) mass is 450 g/mol. The van der Waals surface area contributed by atoms with E-state index in [1.54, 1.807) is 44.7 Å². The number of hydrogen-bond donors (Lipinski definition) is 4. The van der Waals surface area contributed by atoms with Crippen LogP contribution in [0.3, 0.4) is 0 Å². The van der Waals surface area contributed by atoms with Gasteiger partial charge in [0.2, 0.25) is 0 Å². The number of rotatable bonds is 12. The van der Waals surface area contributed by atoms with Gasteiger partial charge in [0.25, 0.3) is 5.91 Å². The lowest BCUT2D eigenvalue weighted by Gasteiger charge is -2.27. The van der Waals surface area contributed by atoms with Gasteiger partial charge in [0.05, 0.1) is 11.1 Å². The van der Waals surface area contributed by atoms with Crippen molar-refractivity contribution < 1.29 is 23.8 Å². The zero-order valence-electron chi connectivity index (χ0n) is 19.4. The smallest absolute Gasteiger partial charge is 0.324 e. The van der Waals surface area contributed by atoms with E-state index in [4.69, 9.17) is 4.74 Å². The van der Waals surface area contributed by atoms with Crippen LogP contribution in [0.5, 0.6) is 5.75 Å². The maximum atomic E-state index is 14.1. The zero-order valence-corrected chi connectivity index (χ0v) is 19.4. The highest BCUT2D eigenvalue weighted by atomic mass is 19.1. The number of amides is 3. The quantitative estimate of drug-likeness (QED) is 0.222. The number of hydrogen-bond acceptors (Lipinski definition) is 6. The summed E-state index contributed by atoms with van der Waals surface area (Å²) in [6.45, 7) is 8.04. The predicted molar refractivity (Wildman–Crippen MR) is 118 cm³/mol. The molecule has 1 saturated carbocycles. The number of carbonyl (C=O) groups excluding carboxylic acids is 2. The van der Waals surface area contributed by atoms with Crippen molar-refractivity contribution in [3.05, 3.63) is 29.6 Å². The van der Waals surface area contributed by atoms with Gasteiger partial charge < -0.3 is 14.7 Å². The van der Waals surface area contributed by atoms with Crippen LogP contribution in [0, 0.1) is 5.82 Å². The standard InChI is InChI=1S/C23H35FN4O4/c1-21(2,31)15-32-18-14-16(8-9-17(18)24)23(10-11-23)27-25-12-6-5-7-13-28-20(30)26-19(29)22(28,3)4/h8-9,14,25,27,31H,5-7,10-13,15H2,1-4H3,(H,26,29,30). The molecule has 0 spiro atoms. The molecule has 3 rings (SSSR count).